The molecule has 4 aromatic carbocycles. The van der Waals surface area contributed by atoms with Gasteiger partial charge in [-0.05, 0) is 77.5 Å². The molecule has 3 amide bonds. The van der Waals surface area contributed by atoms with E-state index in [0.29, 0.717) is 38.5 Å². The number of imidazole rings is 2. The first-order chi connectivity index (χ1) is 25.8. The summed E-state index contributed by atoms with van der Waals surface area (Å²) in [6, 6.07) is 29.4. The molecule has 2 aromatic heterocycles. The molecule has 0 spiro atoms. The van der Waals surface area contributed by atoms with Gasteiger partial charge in [0.15, 0.2) is 0 Å². The molecule has 274 valence electrons. The van der Waals surface area contributed by atoms with Crippen molar-refractivity contribution >= 4 is 40.0 Å². The summed E-state index contributed by atoms with van der Waals surface area (Å²) < 4.78 is 4.58. The standard InChI is InChI=1S/C41H46N8O4/c1-5-19-48(39(50)23-42-3)25-37-44-33-17-15-31(21-35(33)46-37)29-11-7-27(8-12-29)28-9-13-30(14-10-28)32-16-18-34-36(22-32)47-38(45-34)26-49(20-6-2)40(51)24-43-41(52)53-4/h7-18,21-22,42H,5-6,19-20,23-26H2,1-4H3,(H,43,52)(H,44,46)(H,45,47). The lowest BCUT2D eigenvalue weighted by molar-refractivity contribution is -0.131. The third-order valence-electron chi connectivity index (χ3n) is 9.10. The molecule has 0 bridgehead atoms. The van der Waals surface area contributed by atoms with Crippen LogP contribution >= 0.6 is 0 Å². The molecule has 2 heterocycles. The molecule has 0 aliphatic rings. The number of H-pyrrole nitrogens is 2. The van der Waals surface area contributed by atoms with E-state index in [1.54, 1.807) is 11.9 Å². The topological polar surface area (TPSA) is 148 Å². The number of aromatic amines is 2. The van der Waals surface area contributed by atoms with Gasteiger partial charge in [-0.15, -0.1) is 0 Å². The molecule has 0 fully saturated rings. The number of rotatable bonds is 15. The van der Waals surface area contributed by atoms with Gasteiger partial charge in [-0.25, -0.2) is 14.8 Å². The van der Waals surface area contributed by atoms with E-state index in [1.165, 1.54) is 7.11 Å². The van der Waals surface area contributed by atoms with Gasteiger partial charge in [0.1, 0.15) is 18.2 Å². The number of benzene rings is 4. The Balaban J connectivity index is 1.12. The summed E-state index contributed by atoms with van der Waals surface area (Å²) in [4.78, 5) is 56.5. The molecular weight excluding hydrogens is 669 g/mol. The molecule has 0 saturated heterocycles. The SMILES string of the molecule is CCCN(Cc1nc2ccc(-c3ccc(-c4ccc(-c5ccc6nc(CN(CCC)C(=O)CNC(=O)OC)[nH]c6c5)cc4)cc3)cc2[nH]1)C(=O)CNC. The quantitative estimate of drug-likeness (QED) is 0.0950. The molecule has 0 unspecified atom stereocenters. The lowest BCUT2D eigenvalue weighted by Gasteiger charge is -2.21. The van der Waals surface area contributed by atoms with Gasteiger partial charge in [0.2, 0.25) is 11.8 Å². The van der Waals surface area contributed by atoms with Crippen LogP contribution in [0.4, 0.5) is 4.79 Å². The number of alkyl carbamates (subject to hydrolysis) is 1. The highest BCUT2D eigenvalue weighted by molar-refractivity contribution is 5.85. The Bertz CT molecular complexity index is 2190. The maximum Gasteiger partial charge on any atom is 0.407 e. The number of ether oxygens (including phenoxy) is 1. The third kappa shape index (κ3) is 8.90. The molecule has 53 heavy (non-hydrogen) atoms. The van der Waals surface area contributed by atoms with Crippen molar-refractivity contribution in [3.05, 3.63) is 96.6 Å². The van der Waals surface area contributed by atoms with Gasteiger partial charge < -0.3 is 35.1 Å². The van der Waals surface area contributed by atoms with E-state index in [-0.39, 0.29) is 18.4 Å². The number of carbonyl (C=O) groups is 3. The van der Waals surface area contributed by atoms with Gasteiger partial charge in [-0.1, -0.05) is 74.5 Å². The van der Waals surface area contributed by atoms with Gasteiger partial charge in [-0.3, -0.25) is 9.59 Å². The molecule has 12 heteroatoms. The largest absolute Gasteiger partial charge is 0.453 e. The summed E-state index contributed by atoms with van der Waals surface area (Å²) in [7, 11) is 3.04. The first-order valence-electron chi connectivity index (χ1n) is 18.0. The van der Waals surface area contributed by atoms with Gasteiger partial charge >= 0.3 is 6.09 Å². The zero-order valence-electron chi connectivity index (χ0n) is 30.7. The fraction of sp³-hybridized carbons (Fsp3) is 0.293. The van der Waals surface area contributed by atoms with Crippen molar-refractivity contribution in [2.45, 2.75) is 39.8 Å². The first-order valence-corrected chi connectivity index (χ1v) is 18.0. The van der Waals surface area contributed by atoms with Crippen molar-refractivity contribution in [2.75, 3.05) is 40.3 Å². The van der Waals surface area contributed by atoms with Gasteiger partial charge in [-0.2, -0.15) is 0 Å². The molecule has 4 N–H and O–H groups in total. The molecule has 0 saturated carbocycles. The van der Waals surface area contributed by atoms with Crippen LogP contribution in [0.5, 0.6) is 0 Å². The molecule has 0 aliphatic carbocycles. The molecule has 6 aromatic rings. The fourth-order valence-corrected chi connectivity index (χ4v) is 6.42. The summed E-state index contributed by atoms with van der Waals surface area (Å²) in [5, 5.41) is 5.40. The fourth-order valence-electron chi connectivity index (χ4n) is 6.42. The van der Waals surface area contributed by atoms with Gasteiger partial charge in [0.25, 0.3) is 0 Å². The van der Waals surface area contributed by atoms with Crippen molar-refractivity contribution in [3.8, 4) is 33.4 Å². The van der Waals surface area contributed by atoms with E-state index in [1.807, 2.05) is 24.0 Å². The van der Waals surface area contributed by atoms with Crippen molar-refractivity contribution in [2.24, 2.45) is 0 Å². The number of methoxy groups -OCH3 is 1. The highest BCUT2D eigenvalue weighted by Crippen LogP contribution is 2.30. The van der Waals surface area contributed by atoms with Gasteiger partial charge in [0.05, 0.1) is 48.8 Å². The van der Waals surface area contributed by atoms with E-state index in [2.05, 4.69) is 105 Å². The number of amides is 3. The van der Waals surface area contributed by atoms with Crippen molar-refractivity contribution < 1.29 is 19.1 Å². The van der Waals surface area contributed by atoms with Crippen molar-refractivity contribution in [1.29, 1.82) is 0 Å². The second kappa shape index (κ2) is 17.0. The van der Waals surface area contributed by atoms with E-state index >= 15 is 0 Å². The highest BCUT2D eigenvalue weighted by Gasteiger charge is 2.18. The molecule has 0 atom stereocenters. The van der Waals surface area contributed by atoms with E-state index in [0.717, 1.165) is 74.1 Å². The summed E-state index contributed by atoms with van der Waals surface area (Å²) >= 11 is 0. The summed E-state index contributed by atoms with van der Waals surface area (Å²) in [6.45, 7) is 6.22. The average Bonchev–Trinajstić information content (AvgIpc) is 3.79. The minimum Gasteiger partial charge on any atom is -0.453 e. The normalized spacial score (nSPS) is 11.2. The minimum atomic E-state index is -0.640. The zero-order valence-corrected chi connectivity index (χ0v) is 30.7. The Morgan fingerprint density at radius 2 is 1.02 bits per heavy atom. The van der Waals surface area contributed by atoms with Crippen LogP contribution in [0.3, 0.4) is 0 Å². The predicted molar refractivity (Wildman–Crippen MR) is 208 cm³/mol. The second-order valence-corrected chi connectivity index (χ2v) is 13.0. The molecule has 0 aliphatic heterocycles. The molecule has 6 rings (SSSR count). The minimum absolute atomic E-state index is 0.0610. The number of likely N-dealkylation sites (N-methyl/N-ethyl adjacent to an activating group) is 1. The van der Waals surface area contributed by atoms with Crippen LogP contribution in [0, 0.1) is 0 Å². The number of carbonyl (C=O) groups excluding carboxylic acids is 3. The van der Waals surface area contributed by atoms with Crippen LogP contribution < -0.4 is 10.6 Å². The Morgan fingerprint density at radius 3 is 1.42 bits per heavy atom. The van der Waals surface area contributed by atoms with Crippen LogP contribution in [0.25, 0.3) is 55.4 Å². The predicted octanol–water partition coefficient (Wildman–Crippen LogP) is 6.49. The highest BCUT2D eigenvalue weighted by atomic mass is 16.5. The van der Waals surface area contributed by atoms with Crippen LogP contribution in [0.1, 0.15) is 38.3 Å². The van der Waals surface area contributed by atoms with Crippen LogP contribution in [-0.2, 0) is 27.4 Å². The van der Waals surface area contributed by atoms with Gasteiger partial charge in [0, 0.05) is 13.1 Å². The average molecular weight is 715 g/mol. The van der Waals surface area contributed by atoms with E-state index < -0.39 is 6.09 Å². The monoisotopic (exact) mass is 714 g/mol. The Morgan fingerprint density at radius 1 is 0.623 bits per heavy atom. The third-order valence-corrected chi connectivity index (χ3v) is 9.10. The summed E-state index contributed by atoms with van der Waals surface area (Å²) in [6.07, 6.45) is 1.02. The number of nitrogens with zero attached hydrogens (tertiary/aromatic N) is 4. The Hall–Kier alpha value is -6.01. The molecule has 0 radical (unpaired) electrons. The summed E-state index contributed by atoms with van der Waals surface area (Å²) in [5.41, 5.74) is 10.1. The Kier molecular flexibility index (Phi) is 11.8. The van der Waals surface area contributed by atoms with Crippen LogP contribution in [-0.4, -0.2) is 88.0 Å². The number of nitrogens with one attached hydrogen (secondary N) is 4. The molecule has 12 nitrogen and oxygen atoms in total. The van der Waals surface area contributed by atoms with E-state index in [9.17, 15) is 14.4 Å². The van der Waals surface area contributed by atoms with Crippen LogP contribution in [0.2, 0.25) is 0 Å². The maximum atomic E-state index is 12.7. The lowest BCUT2D eigenvalue weighted by atomic mass is 9.98. The zero-order chi connectivity index (χ0) is 37.3. The number of fused-ring (bicyclic) bond motifs is 2. The number of hydrogen-bond acceptors (Lipinski definition) is 7. The van der Waals surface area contributed by atoms with Crippen LogP contribution in [0.15, 0.2) is 84.9 Å². The van der Waals surface area contributed by atoms with Crippen molar-refractivity contribution in [3.63, 3.8) is 0 Å². The van der Waals surface area contributed by atoms with Crippen molar-refractivity contribution in [1.82, 2.24) is 40.4 Å². The number of aromatic nitrogens is 4. The smallest absolute Gasteiger partial charge is 0.407 e. The second-order valence-electron chi connectivity index (χ2n) is 13.0. The maximum absolute atomic E-state index is 12.7. The first kappa shape index (κ1) is 36.8. The Labute approximate surface area is 309 Å². The molecular formula is C41H46N8O4. The summed E-state index contributed by atoms with van der Waals surface area (Å²) in [5.74, 6) is 1.31. The van der Waals surface area contributed by atoms with E-state index in [4.69, 9.17) is 9.97 Å². The lowest BCUT2D eigenvalue weighted by Crippen LogP contribution is -2.40. The number of hydrogen-bond donors (Lipinski definition) is 4.